The molecule has 3 aromatic rings. The van der Waals surface area contributed by atoms with E-state index in [9.17, 15) is 8.42 Å². The average Bonchev–Trinajstić information content (AvgIpc) is 3.01. The number of nitrogens with zero attached hydrogens (tertiary/aromatic N) is 2. The molecule has 5 nitrogen and oxygen atoms in total. The summed E-state index contributed by atoms with van der Waals surface area (Å²) in [5.41, 5.74) is 5.03. The third-order valence-electron chi connectivity index (χ3n) is 2.96. The van der Waals surface area contributed by atoms with Crippen LogP contribution in [0.1, 0.15) is 0 Å². The van der Waals surface area contributed by atoms with Gasteiger partial charge in [-0.15, -0.1) is 11.3 Å². The molecule has 7 heteroatoms. The molecule has 2 aromatic heterocycles. The summed E-state index contributed by atoms with van der Waals surface area (Å²) in [7, 11) is -3.72. The summed E-state index contributed by atoms with van der Waals surface area (Å²) in [4.78, 5) is 8.52. The minimum absolute atomic E-state index is 0.0825. The molecule has 0 aliphatic carbocycles. The molecule has 0 aliphatic heterocycles. The predicted molar refractivity (Wildman–Crippen MR) is 82.2 cm³/mol. The molecule has 2 N–H and O–H groups in total. The molecule has 0 unspecified atom stereocenters. The van der Waals surface area contributed by atoms with Crippen molar-refractivity contribution in [2.24, 2.45) is 5.14 Å². The van der Waals surface area contributed by atoms with Crippen molar-refractivity contribution in [2.45, 2.75) is 4.90 Å². The Kier molecular flexibility index (Phi) is 3.54. The number of nitrogens with two attached hydrogens (primary N) is 1. The fraction of sp³-hybridized carbons (Fsp3) is 0. The summed E-state index contributed by atoms with van der Waals surface area (Å²) < 4.78 is 22.8. The SMILES string of the molecule is NS(=O)(=O)c1cccc(-c2cncc(-c3cscn3)c2)c1. The lowest BCUT2D eigenvalue weighted by Gasteiger charge is -2.05. The Balaban J connectivity index is 2.07. The van der Waals surface area contributed by atoms with Crippen molar-refractivity contribution in [1.82, 2.24) is 9.97 Å². The molecule has 3 rings (SSSR count). The highest BCUT2D eigenvalue weighted by Crippen LogP contribution is 2.26. The van der Waals surface area contributed by atoms with Crippen LogP contribution in [0.4, 0.5) is 0 Å². The van der Waals surface area contributed by atoms with Crippen molar-refractivity contribution in [3.05, 3.63) is 53.6 Å². The summed E-state index contributed by atoms with van der Waals surface area (Å²) in [5.74, 6) is 0. The van der Waals surface area contributed by atoms with E-state index >= 15 is 0 Å². The number of rotatable bonds is 3. The van der Waals surface area contributed by atoms with Crippen LogP contribution in [0.3, 0.4) is 0 Å². The molecule has 0 saturated carbocycles. The van der Waals surface area contributed by atoms with Crippen molar-refractivity contribution in [3.63, 3.8) is 0 Å². The topological polar surface area (TPSA) is 85.9 Å². The molecule has 0 saturated heterocycles. The van der Waals surface area contributed by atoms with Crippen LogP contribution in [0.2, 0.25) is 0 Å². The molecule has 2 heterocycles. The van der Waals surface area contributed by atoms with Crippen molar-refractivity contribution in [3.8, 4) is 22.4 Å². The van der Waals surface area contributed by atoms with Crippen LogP contribution in [0.5, 0.6) is 0 Å². The van der Waals surface area contributed by atoms with Gasteiger partial charge in [-0.3, -0.25) is 4.98 Å². The Morgan fingerprint density at radius 2 is 1.86 bits per heavy atom. The van der Waals surface area contributed by atoms with Gasteiger partial charge in [-0.25, -0.2) is 18.5 Å². The number of primary sulfonamides is 1. The van der Waals surface area contributed by atoms with Gasteiger partial charge in [0.1, 0.15) is 0 Å². The predicted octanol–water partition coefficient (Wildman–Crippen LogP) is 2.52. The van der Waals surface area contributed by atoms with Gasteiger partial charge >= 0.3 is 0 Å². The highest BCUT2D eigenvalue weighted by molar-refractivity contribution is 7.89. The lowest BCUT2D eigenvalue weighted by Crippen LogP contribution is -2.11. The largest absolute Gasteiger partial charge is 0.263 e. The molecular weight excluding hydrogens is 306 g/mol. The molecule has 0 atom stereocenters. The van der Waals surface area contributed by atoms with E-state index in [0.29, 0.717) is 0 Å². The molecule has 0 amide bonds. The Hall–Kier alpha value is -2.09. The highest BCUT2D eigenvalue weighted by atomic mass is 32.2. The zero-order valence-electron chi connectivity index (χ0n) is 10.8. The first kappa shape index (κ1) is 13.9. The summed E-state index contributed by atoms with van der Waals surface area (Å²) >= 11 is 1.51. The van der Waals surface area contributed by atoms with Crippen molar-refractivity contribution >= 4 is 21.4 Å². The van der Waals surface area contributed by atoms with Crippen LogP contribution < -0.4 is 5.14 Å². The molecule has 0 fully saturated rings. The van der Waals surface area contributed by atoms with Gasteiger partial charge in [-0.1, -0.05) is 12.1 Å². The van der Waals surface area contributed by atoms with E-state index in [1.165, 1.54) is 23.5 Å². The number of benzene rings is 1. The van der Waals surface area contributed by atoms with Crippen molar-refractivity contribution < 1.29 is 8.42 Å². The minimum Gasteiger partial charge on any atom is -0.263 e. The average molecular weight is 317 g/mol. The molecule has 1 aromatic carbocycles. The van der Waals surface area contributed by atoms with Crippen molar-refractivity contribution in [1.29, 1.82) is 0 Å². The van der Waals surface area contributed by atoms with Gasteiger partial charge in [0.05, 0.1) is 16.1 Å². The molecule has 0 aliphatic rings. The maximum atomic E-state index is 11.4. The Morgan fingerprint density at radius 1 is 1.05 bits per heavy atom. The first-order valence-corrected chi connectivity index (χ1v) is 8.50. The van der Waals surface area contributed by atoms with Gasteiger partial charge < -0.3 is 0 Å². The van der Waals surface area contributed by atoms with Gasteiger partial charge in [0, 0.05) is 28.9 Å². The quantitative estimate of drug-likeness (QED) is 0.804. The maximum absolute atomic E-state index is 11.4. The molecule has 0 bridgehead atoms. The van der Waals surface area contributed by atoms with E-state index in [1.54, 1.807) is 24.0 Å². The number of pyridine rings is 1. The van der Waals surface area contributed by atoms with Crippen LogP contribution in [0.15, 0.2) is 58.5 Å². The summed E-state index contributed by atoms with van der Waals surface area (Å²) in [5, 5.41) is 7.09. The van der Waals surface area contributed by atoms with Gasteiger partial charge in [-0.2, -0.15) is 0 Å². The van der Waals surface area contributed by atoms with E-state index in [2.05, 4.69) is 9.97 Å². The van der Waals surface area contributed by atoms with Gasteiger partial charge in [0.15, 0.2) is 0 Å². The molecular formula is C14H11N3O2S2. The van der Waals surface area contributed by atoms with Gasteiger partial charge in [-0.05, 0) is 23.8 Å². The Bertz CT molecular complexity index is 875. The van der Waals surface area contributed by atoms with Crippen LogP contribution in [-0.4, -0.2) is 18.4 Å². The fourth-order valence-corrected chi connectivity index (χ4v) is 3.07. The second-order valence-electron chi connectivity index (χ2n) is 4.41. The zero-order valence-corrected chi connectivity index (χ0v) is 12.4. The normalized spacial score (nSPS) is 11.5. The summed E-state index contributed by atoms with van der Waals surface area (Å²) in [6.45, 7) is 0. The number of aromatic nitrogens is 2. The highest BCUT2D eigenvalue weighted by Gasteiger charge is 2.10. The van der Waals surface area contributed by atoms with E-state index < -0.39 is 10.0 Å². The van der Waals surface area contributed by atoms with Crippen LogP contribution in [-0.2, 0) is 10.0 Å². The molecule has 21 heavy (non-hydrogen) atoms. The summed E-state index contributed by atoms with van der Waals surface area (Å²) in [6, 6.07) is 8.40. The van der Waals surface area contributed by atoms with Crippen LogP contribution >= 0.6 is 11.3 Å². The number of sulfonamides is 1. The number of thiazole rings is 1. The second-order valence-corrected chi connectivity index (χ2v) is 6.69. The molecule has 0 radical (unpaired) electrons. The first-order chi connectivity index (χ1) is 10.0. The standard InChI is InChI=1S/C14H11N3O2S2/c15-21(18,19)13-3-1-2-10(5-13)11-4-12(7-16-6-11)14-8-20-9-17-14/h1-9H,(H2,15,18,19). The maximum Gasteiger partial charge on any atom is 0.238 e. The Morgan fingerprint density at radius 3 is 2.57 bits per heavy atom. The van der Waals surface area contributed by atoms with Gasteiger partial charge in [0.2, 0.25) is 10.0 Å². The van der Waals surface area contributed by atoms with Crippen LogP contribution in [0.25, 0.3) is 22.4 Å². The monoisotopic (exact) mass is 317 g/mol. The fourth-order valence-electron chi connectivity index (χ4n) is 1.95. The Labute approximate surface area is 126 Å². The first-order valence-electron chi connectivity index (χ1n) is 6.01. The van der Waals surface area contributed by atoms with Gasteiger partial charge in [0.25, 0.3) is 0 Å². The smallest absolute Gasteiger partial charge is 0.238 e. The van der Waals surface area contributed by atoms with Crippen molar-refractivity contribution in [2.75, 3.05) is 0 Å². The van der Waals surface area contributed by atoms with E-state index in [0.717, 1.165) is 22.4 Å². The van der Waals surface area contributed by atoms with E-state index in [-0.39, 0.29) is 4.90 Å². The third-order valence-corrected chi connectivity index (χ3v) is 4.46. The number of hydrogen-bond donors (Lipinski definition) is 1. The molecule has 0 spiro atoms. The second kappa shape index (κ2) is 5.36. The lowest BCUT2D eigenvalue weighted by molar-refractivity contribution is 0.598. The minimum atomic E-state index is -3.72. The van der Waals surface area contributed by atoms with E-state index in [1.807, 2.05) is 17.5 Å². The van der Waals surface area contributed by atoms with E-state index in [4.69, 9.17) is 5.14 Å². The molecule has 106 valence electrons. The summed E-state index contributed by atoms with van der Waals surface area (Å²) in [6.07, 6.45) is 3.40. The van der Waals surface area contributed by atoms with Crippen LogP contribution in [0, 0.1) is 0 Å². The third kappa shape index (κ3) is 2.99. The number of hydrogen-bond acceptors (Lipinski definition) is 5. The lowest BCUT2D eigenvalue weighted by atomic mass is 10.1. The zero-order chi connectivity index (χ0) is 14.9.